The van der Waals surface area contributed by atoms with Crippen LogP contribution in [0.5, 0.6) is 0 Å². The van der Waals surface area contributed by atoms with Crippen LogP contribution in [0.15, 0.2) is 0 Å². The van der Waals surface area contributed by atoms with E-state index in [-0.39, 0.29) is 44.7 Å². The summed E-state index contributed by atoms with van der Waals surface area (Å²) in [6.07, 6.45) is 1.17. The zero-order valence-corrected chi connectivity index (χ0v) is 11.8. The van der Waals surface area contributed by atoms with Crippen molar-refractivity contribution in [2.75, 3.05) is 6.16 Å². The minimum absolute atomic E-state index is 0. The fourth-order valence-corrected chi connectivity index (χ4v) is 0. The third-order valence-corrected chi connectivity index (χ3v) is 0. The van der Waals surface area contributed by atoms with Gasteiger partial charge >= 0.3 is 0 Å². The van der Waals surface area contributed by atoms with Crippen LogP contribution in [0.4, 0.5) is 0 Å². The molecule has 0 aromatic rings. The monoisotopic (exact) mass is 344 g/mol. The van der Waals surface area contributed by atoms with Gasteiger partial charge in [-0.3, -0.25) is 0 Å². The van der Waals surface area contributed by atoms with E-state index >= 15 is 0 Å². The zero-order valence-electron chi connectivity index (χ0n) is 3.40. The molecule has 1 unspecified atom stereocenters. The van der Waals surface area contributed by atoms with E-state index in [0.29, 0.717) is 0 Å². The van der Waals surface area contributed by atoms with E-state index in [1.54, 1.807) is 0 Å². The minimum atomic E-state index is 0. The molecule has 0 saturated heterocycles. The van der Waals surface area contributed by atoms with Crippen molar-refractivity contribution < 1.29 is 27.7 Å². The maximum absolute atomic E-state index is 2.58. The summed E-state index contributed by atoms with van der Waals surface area (Å²) in [5.74, 6) is 0. The molecule has 0 aromatic heterocycles. The van der Waals surface area contributed by atoms with E-state index < -0.39 is 0 Å². The van der Waals surface area contributed by atoms with E-state index in [1.807, 2.05) is 0 Å². The second-order valence-electron chi connectivity index (χ2n) is 0.408. The molecule has 0 heterocycles. The van der Waals surface area contributed by atoms with Crippen molar-refractivity contribution in [1.82, 2.24) is 0 Å². The number of hydrogen-bond acceptors (Lipinski definition) is 0. The van der Waals surface area contributed by atoms with Crippen LogP contribution in [0.25, 0.3) is 0 Å². The third kappa shape index (κ3) is 25.4. The van der Waals surface area contributed by atoms with E-state index in [1.165, 1.54) is 6.16 Å². The Hall–Kier alpha value is 1.85. The molecular formula is C2H8BrHgP. The smallest absolute Gasteiger partial charge is 0 e. The van der Waals surface area contributed by atoms with Gasteiger partial charge in [0.15, 0.2) is 0 Å². The van der Waals surface area contributed by atoms with Gasteiger partial charge in [-0.25, -0.2) is 0 Å². The van der Waals surface area contributed by atoms with Gasteiger partial charge in [0.05, 0.1) is 0 Å². The van der Waals surface area contributed by atoms with Crippen LogP contribution in [0.2, 0.25) is 0 Å². The molecule has 0 N–H and O–H groups in total. The second-order valence-corrected chi connectivity index (χ2v) is 1.22. The van der Waals surface area contributed by atoms with Crippen LogP contribution in [0.3, 0.4) is 0 Å². The van der Waals surface area contributed by atoms with Crippen LogP contribution in [0.1, 0.15) is 6.92 Å². The molecule has 0 saturated carbocycles. The molecule has 3 heteroatoms. The van der Waals surface area contributed by atoms with Gasteiger partial charge in [-0.1, -0.05) is 6.92 Å². The van der Waals surface area contributed by atoms with Gasteiger partial charge in [0.1, 0.15) is 0 Å². The maximum atomic E-state index is 2.58. The van der Waals surface area contributed by atoms with Crippen LogP contribution >= 0.6 is 26.2 Å². The molecular weight excluding hydrogens is 335 g/mol. The zero-order chi connectivity index (χ0) is 2.71. The molecule has 30 valence electrons. The van der Waals surface area contributed by atoms with E-state index in [0.717, 1.165) is 0 Å². The molecule has 5 heavy (non-hydrogen) atoms. The minimum Gasteiger partial charge on any atom is -0.138 e. The van der Waals surface area contributed by atoms with E-state index in [2.05, 4.69) is 16.2 Å². The molecule has 0 aliphatic heterocycles. The van der Waals surface area contributed by atoms with Gasteiger partial charge < -0.3 is 0 Å². The SMILES string of the molecule is Br.CCP.[Hg]. The van der Waals surface area contributed by atoms with E-state index in [4.69, 9.17) is 0 Å². The van der Waals surface area contributed by atoms with Crippen molar-refractivity contribution in [1.29, 1.82) is 0 Å². The van der Waals surface area contributed by atoms with Crippen LogP contribution in [-0.4, -0.2) is 6.16 Å². The Morgan fingerprint density at radius 3 is 1.60 bits per heavy atom. The summed E-state index contributed by atoms with van der Waals surface area (Å²) in [5, 5.41) is 0. The summed E-state index contributed by atoms with van der Waals surface area (Å²) in [6, 6.07) is 0. The molecule has 0 radical (unpaired) electrons. The number of halogens is 1. The van der Waals surface area contributed by atoms with Crippen LogP contribution in [0, 0.1) is 0 Å². The second kappa shape index (κ2) is 17.0. The summed E-state index contributed by atoms with van der Waals surface area (Å²) >= 11 is 0. The Morgan fingerprint density at radius 2 is 1.60 bits per heavy atom. The molecule has 0 aliphatic rings. The molecule has 0 bridgehead atoms. The normalized spacial score (nSPS) is 3.60. The first-order chi connectivity index (χ1) is 1.41. The summed E-state index contributed by atoms with van der Waals surface area (Å²) in [6.45, 7) is 2.09. The molecule has 0 rings (SSSR count). The fourth-order valence-electron chi connectivity index (χ4n) is 0. The molecule has 1 atom stereocenters. The average molecular weight is 344 g/mol. The Morgan fingerprint density at radius 1 is 1.60 bits per heavy atom. The Balaban J connectivity index is -0.0000000200. The summed E-state index contributed by atoms with van der Waals surface area (Å²) in [7, 11) is 2.58. The third-order valence-electron chi connectivity index (χ3n) is 0. The first kappa shape index (κ1) is 15.8. The predicted octanol–water partition coefficient (Wildman–Crippen LogP) is 1.46. The summed E-state index contributed by atoms with van der Waals surface area (Å²) < 4.78 is 0. The molecule has 0 nitrogen and oxygen atoms in total. The van der Waals surface area contributed by atoms with Gasteiger partial charge in [-0.15, -0.1) is 26.2 Å². The van der Waals surface area contributed by atoms with Gasteiger partial charge in [0.2, 0.25) is 0 Å². The summed E-state index contributed by atoms with van der Waals surface area (Å²) in [5.41, 5.74) is 0. The molecule has 0 spiro atoms. The quantitative estimate of drug-likeness (QED) is 0.461. The Labute approximate surface area is 66.6 Å². The Bertz CT molecular complexity index is 9.61. The Kier molecular flexibility index (Phi) is 53.6. The fraction of sp³-hybridized carbons (Fsp3) is 1.00. The molecule has 0 fully saturated rings. The number of rotatable bonds is 0. The van der Waals surface area contributed by atoms with Crippen LogP contribution < -0.4 is 0 Å². The van der Waals surface area contributed by atoms with Gasteiger partial charge in [0, 0.05) is 27.7 Å². The molecule has 0 aromatic carbocycles. The van der Waals surface area contributed by atoms with Gasteiger partial charge in [-0.05, 0) is 6.16 Å². The first-order valence-corrected chi connectivity index (χ1v) is 1.93. The maximum Gasteiger partial charge on any atom is 0 e. The van der Waals surface area contributed by atoms with Crippen molar-refractivity contribution in [2.45, 2.75) is 6.92 Å². The van der Waals surface area contributed by atoms with Crippen LogP contribution in [-0.2, 0) is 27.7 Å². The molecule has 0 aliphatic carbocycles. The van der Waals surface area contributed by atoms with Gasteiger partial charge in [0.25, 0.3) is 0 Å². The van der Waals surface area contributed by atoms with Crippen molar-refractivity contribution in [2.24, 2.45) is 0 Å². The van der Waals surface area contributed by atoms with E-state index in [9.17, 15) is 0 Å². The van der Waals surface area contributed by atoms with Crippen molar-refractivity contribution >= 4 is 26.2 Å². The largest absolute Gasteiger partial charge is 0.138 e. The molecule has 0 amide bonds. The van der Waals surface area contributed by atoms with Crippen molar-refractivity contribution in [3.05, 3.63) is 0 Å². The topological polar surface area (TPSA) is 0 Å². The standard InChI is InChI=1S/C2H7P.BrH.Hg/c1-2-3;;/h2-3H2,1H3;1H;. The average Bonchev–Trinajstić information content (AvgIpc) is 0.918. The first-order valence-electron chi connectivity index (χ1n) is 1.12. The number of hydrogen-bond donors (Lipinski definition) is 0. The van der Waals surface area contributed by atoms with Crippen molar-refractivity contribution in [3.8, 4) is 0 Å². The van der Waals surface area contributed by atoms with Gasteiger partial charge in [-0.2, -0.15) is 0 Å². The summed E-state index contributed by atoms with van der Waals surface area (Å²) in [4.78, 5) is 0. The van der Waals surface area contributed by atoms with Crippen molar-refractivity contribution in [3.63, 3.8) is 0 Å². The predicted molar refractivity (Wildman–Crippen MR) is 30.6 cm³/mol.